The van der Waals surface area contributed by atoms with Crippen LogP contribution in [-0.4, -0.2) is 63.1 Å². The number of aryl methyl sites for hydroxylation is 3. The molecule has 4 N–H and O–H groups in total. The number of aromatic nitrogens is 3. The van der Waals surface area contributed by atoms with E-state index in [-0.39, 0.29) is 19.1 Å². The van der Waals surface area contributed by atoms with E-state index in [1.54, 1.807) is 0 Å². The lowest BCUT2D eigenvalue weighted by molar-refractivity contribution is -0.127. The molecule has 3 rings (SSSR count). The highest BCUT2D eigenvalue weighted by Crippen LogP contribution is 2.32. The lowest BCUT2D eigenvalue weighted by Gasteiger charge is -2.23. The monoisotopic (exact) mass is 497 g/mol. The van der Waals surface area contributed by atoms with Gasteiger partial charge in [-0.25, -0.2) is 4.98 Å². The summed E-state index contributed by atoms with van der Waals surface area (Å²) < 4.78 is 11.4. The Hall–Kier alpha value is -3.50. The summed E-state index contributed by atoms with van der Waals surface area (Å²) in [5.74, 6) is 1.43. The number of rotatable bonds is 11. The zero-order valence-electron chi connectivity index (χ0n) is 21.6. The summed E-state index contributed by atoms with van der Waals surface area (Å²) in [4.78, 5) is 22.3. The van der Waals surface area contributed by atoms with Gasteiger partial charge < -0.3 is 30.1 Å². The maximum atomic E-state index is 11.0. The Kier molecular flexibility index (Phi) is 8.65. The zero-order valence-corrected chi connectivity index (χ0v) is 21.6. The predicted molar refractivity (Wildman–Crippen MR) is 137 cm³/mol. The van der Waals surface area contributed by atoms with Gasteiger partial charge in [-0.2, -0.15) is 4.98 Å². The van der Waals surface area contributed by atoms with Gasteiger partial charge >= 0.3 is 0 Å². The Morgan fingerprint density at radius 3 is 2.50 bits per heavy atom. The Bertz CT molecular complexity index is 1210. The van der Waals surface area contributed by atoms with Gasteiger partial charge in [0.25, 0.3) is 5.89 Å². The van der Waals surface area contributed by atoms with E-state index in [9.17, 15) is 15.0 Å². The van der Waals surface area contributed by atoms with Crippen LogP contribution in [0.4, 0.5) is 5.82 Å². The van der Waals surface area contributed by atoms with Crippen molar-refractivity contribution in [1.82, 2.24) is 15.1 Å². The molecular formula is C26H35N5O5. The van der Waals surface area contributed by atoms with E-state index in [2.05, 4.69) is 33.9 Å². The largest absolute Gasteiger partial charge is 0.490 e. The molecule has 0 saturated carbocycles. The number of carbonyl (C=O) groups excluding carboxylic acids is 1. The number of hydrogen-bond donors (Lipinski definition) is 3. The third kappa shape index (κ3) is 6.38. The number of amides is 1. The Morgan fingerprint density at radius 1 is 1.14 bits per heavy atom. The van der Waals surface area contributed by atoms with Gasteiger partial charge in [-0.1, -0.05) is 12.1 Å². The molecule has 0 aliphatic heterocycles. The van der Waals surface area contributed by atoms with E-state index in [0.29, 0.717) is 23.9 Å². The lowest BCUT2D eigenvalue weighted by Crippen LogP contribution is -2.33. The van der Waals surface area contributed by atoms with Gasteiger partial charge in [0.05, 0.1) is 6.10 Å². The topological polar surface area (TPSA) is 148 Å². The van der Waals surface area contributed by atoms with Crippen molar-refractivity contribution < 1.29 is 24.3 Å². The van der Waals surface area contributed by atoms with Gasteiger partial charge in [0.15, 0.2) is 0 Å². The van der Waals surface area contributed by atoms with Crippen LogP contribution in [0.2, 0.25) is 0 Å². The number of nitrogens with zero attached hydrogens (tertiary/aromatic N) is 4. The van der Waals surface area contributed by atoms with Crippen LogP contribution in [0.5, 0.6) is 5.75 Å². The molecule has 2 heterocycles. The smallest absolute Gasteiger partial charge is 0.258 e. The van der Waals surface area contributed by atoms with Gasteiger partial charge in [0, 0.05) is 36.3 Å². The van der Waals surface area contributed by atoms with Crippen molar-refractivity contribution in [2.45, 2.75) is 65.7 Å². The number of aliphatic hydroxyl groups is 2. The first-order chi connectivity index (χ1) is 17.0. The van der Waals surface area contributed by atoms with E-state index in [1.807, 2.05) is 52.1 Å². The second-order valence-electron chi connectivity index (χ2n) is 9.24. The van der Waals surface area contributed by atoms with Gasteiger partial charge in [0.2, 0.25) is 11.7 Å². The van der Waals surface area contributed by atoms with Crippen molar-refractivity contribution in [3.63, 3.8) is 0 Å². The summed E-state index contributed by atoms with van der Waals surface area (Å²) in [7, 11) is 1.99. The number of pyridine rings is 1. The van der Waals surface area contributed by atoms with E-state index >= 15 is 0 Å². The van der Waals surface area contributed by atoms with Crippen molar-refractivity contribution in [3.05, 3.63) is 41.1 Å². The summed E-state index contributed by atoms with van der Waals surface area (Å²) in [6.45, 7) is 9.93. The fourth-order valence-electron chi connectivity index (χ4n) is 3.74. The van der Waals surface area contributed by atoms with Gasteiger partial charge in [-0.3, -0.25) is 4.79 Å². The number of primary amides is 1. The van der Waals surface area contributed by atoms with E-state index in [0.717, 1.165) is 33.8 Å². The SMILES string of the molecule is CCc1cc(-c2noc(-c3cc(C)nc(N(C)C(C)C)c3)n2)cc(C)c1OC[C@@H](O)CC(O)C(N)=O. The average Bonchev–Trinajstić information content (AvgIpc) is 3.32. The molecule has 0 bridgehead atoms. The number of carbonyl (C=O) groups is 1. The van der Waals surface area contributed by atoms with Crippen LogP contribution in [0.1, 0.15) is 44.0 Å². The number of hydrogen-bond acceptors (Lipinski definition) is 9. The first-order valence-electron chi connectivity index (χ1n) is 12.0. The molecule has 0 aliphatic rings. The van der Waals surface area contributed by atoms with Gasteiger partial charge in [-0.15, -0.1) is 0 Å². The summed E-state index contributed by atoms with van der Waals surface area (Å²) >= 11 is 0. The normalized spacial score (nSPS) is 13.0. The quantitative estimate of drug-likeness (QED) is 0.364. The lowest BCUT2D eigenvalue weighted by atomic mass is 10.0. The van der Waals surface area contributed by atoms with Crippen LogP contribution < -0.4 is 15.4 Å². The molecule has 0 aliphatic carbocycles. The van der Waals surface area contributed by atoms with E-state index < -0.39 is 18.1 Å². The number of ether oxygens (including phenoxy) is 1. The molecule has 1 aromatic carbocycles. The second kappa shape index (κ2) is 11.5. The molecule has 1 unspecified atom stereocenters. The van der Waals surface area contributed by atoms with Gasteiger partial charge in [-0.05, 0) is 69.5 Å². The highest BCUT2D eigenvalue weighted by Gasteiger charge is 2.20. The second-order valence-corrected chi connectivity index (χ2v) is 9.24. The molecule has 10 nitrogen and oxygen atoms in total. The molecule has 194 valence electrons. The highest BCUT2D eigenvalue weighted by atomic mass is 16.5. The summed E-state index contributed by atoms with van der Waals surface area (Å²) in [6, 6.07) is 7.95. The first-order valence-corrected chi connectivity index (χ1v) is 12.0. The standard InChI is InChI=1S/C26H35N5O5/c1-7-17-10-18(8-15(4)23(17)35-13-20(32)12-21(33)24(27)34)25-29-26(36-30-25)19-9-16(5)28-22(11-19)31(6)14(2)3/h8-11,14,20-21,32-33H,7,12-13H2,1-6H3,(H2,27,34)/t20-,21?/m0/s1. The Morgan fingerprint density at radius 2 is 1.86 bits per heavy atom. The summed E-state index contributed by atoms with van der Waals surface area (Å²) in [5, 5.41) is 23.9. The zero-order chi connectivity index (χ0) is 26.6. The molecule has 36 heavy (non-hydrogen) atoms. The van der Waals surface area contributed by atoms with E-state index in [1.165, 1.54) is 0 Å². The maximum absolute atomic E-state index is 11.0. The minimum atomic E-state index is -1.42. The van der Waals surface area contributed by atoms with Crippen LogP contribution in [0.25, 0.3) is 22.8 Å². The van der Waals surface area contributed by atoms with Crippen molar-refractivity contribution in [2.24, 2.45) is 5.73 Å². The van der Waals surface area contributed by atoms with Crippen LogP contribution in [-0.2, 0) is 11.2 Å². The number of anilines is 1. The highest BCUT2D eigenvalue weighted by molar-refractivity contribution is 5.78. The van der Waals surface area contributed by atoms with Crippen molar-refractivity contribution in [1.29, 1.82) is 0 Å². The minimum absolute atomic E-state index is 0.0849. The van der Waals surface area contributed by atoms with E-state index in [4.69, 9.17) is 15.0 Å². The van der Waals surface area contributed by atoms with Crippen LogP contribution >= 0.6 is 0 Å². The van der Waals surface area contributed by atoms with Crippen molar-refractivity contribution in [2.75, 3.05) is 18.6 Å². The maximum Gasteiger partial charge on any atom is 0.258 e. The molecular weight excluding hydrogens is 462 g/mol. The Labute approximate surface area is 211 Å². The first kappa shape index (κ1) is 27.1. The minimum Gasteiger partial charge on any atom is -0.490 e. The third-order valence-corrected chi connectivity index (χ3v) is 5.98. The molecule has 2 aromatic heterocycles. The fraction of sp³-hybridized carbons (Fsp3) is 0.462. The van der Waals surface area contributed by atoms with Crippen LogP contribution in [0, 0.1) is 13.8 Å². The molecule has 1 amide bonds. The van der Waals surface area contributed by atoms with Crippen molar-refractivity contribution >= 4 is 11.7 Å². The molecule has 0 fully saturated rings. The molecule has 2 atom stereocenters. The molecule has 3 aromatic rings. The van der Waals surface area contributed by atoms with Crippen LogP contribution in [0.3, 0.4) is 0 Å². The third-order valence-electron chi connectivity index (χ3n) is 5.98. The van der Waals surface area contributed by atoms with Gasteiger partial charge in [0.1, 0.15) is 24.3 Å². The van der Waals surface area contributed by atoms with Crippen molar-refractivity contribution in [3.8, 4) is 28.6 Å². The fourth-order valence-corrected chi connectivity index (χ4v) is 3.74. The molecule has 0 radical (unpaired) electrons. The van der Waals surface area contributed by atoms with Crippen LogP contribution in [0.15, 0.2) is 28.8 Å². The number of benzene rings is 1. The summed E-state index contributed by atoms with van der Waals surface area (Å²) in [6.07, 6.45) is -1.98. The molecule has 0 spiro atoms. The Balaban J connectivity index is 1.84. The summed E-state index contributed by atoms with van der Waals surface area (Å²) in [5.41, 5.74) is 9.21. The predicted octanol–water partition coefficient (Wildman–Crippen LogP) is 2.80. The number of nitrogens with two attached hydrogens (primary N) is 1. The molecule has 10 heteroatoms. The number of aliphatic hydroxyl groups excluding tert-OH is 2. The molecule has 0 saturated heterocycles. The average molecular weight is 498 g/mol.